The molecule has 0 saturated carbocycles. The molecule has 0 aliphatic heterocycles. The molecule has 0 aliphatic carbocycles. The van der Waals surface area contributed by atoms with Crippen molar-refractivity contribution in [3.05, 3.63) is 64.1 Å². The van der Waals surface area contributed by atoms with Crippen LogP contribution in [-0.2, 0) is 10.2 Å². The van der Waals surface area contributed by atoms with E-state index in [1.54, 1.807) is 13.2 Å². The quantitative estimate of drug-likeness (QED) is 0.401. The Labute approximate surface area is 151 Å². The van der Waals surface area contributed by atoms with Crippen LogP contribution in [0.15, 0.2) is 53.0 Å². The Hall–Kier alpha value is -2.07. The van der Waals surface area contributed by atoms with E-state index in [1.807, 2.05) is 42.5 Å². The van der Waals surface area contributed by atoms with Gasteiger partial charge < -0.3 is 9.47 Å². The molecular weight excluding hydrogens is 368 g/mol. The molecule has 4 heteroatoms. The summed E-state index contributed by atoms with van der Waals surface area (Å²) in [5.74, 6) is 0.861. The van der Waals surface area contributed by atoms with Gasteiger partial charge in [-0.05, 0) is 62.8 Å². The van der Waals surface area contributed by atoms with Gasteiger partial charge in [-0.25, -0.2) is 4.79 Å². The highest BCUT2D eigenvalue weighted by Crippen LogP contribution is 2.31. The summed E-state index contributed by atoms with van der Waals surface area (Å²) in [6.45, 7) is 6.41. The predicted octanol–water partition coefficient (Wildman–Crippen LogP) is 5.37. The van der Waals surface area contributed by atoms with E-state index < -0.39 is 5.97 Å². The summed E-state index contributed by atoms with van der Waals surface area (Å²) in [5, 5.41) is 0. The van der Waals surface area contributed by atoms with Crippen LogP contribution in [0.3, 0.4) is 0 Å². The van der Waals surface area contributed by atoms with Crippen molar-refractivity contribution in [3.63, 3.8) is 0 Å². The highest BCUT2D eigenvalue weighted by molar-refractivity contribution is 9.10. The maximum absolute atomic E-state index is 12.0. The van der Waals surface area contributed by atoms with Crippen LogP contribution in [0.1, 0.15) is 31.9 Å². The zero-order chi connectivity index (χ0) is 17.7. The van der Waals surface area contributed by atoms with Gasteiger partial charge in [0.15, 0.2) is 0 Å². The first-order valence-electron chi connectivity index (χ1n) is 7.63. The monoisotopic (exact) mass is 388 g/mol. The van der Waals surface area contributed by atoms with Crippen LogP contribution < -0.4 is 9.47 Å². The third-order valence-corrected chi connectivity index (χ3v) is 4.16. The van der Waals surface area contributed by atoms with Crippen molar-refractivity contribution in [2.45, 2.75) is 26.2 Å². The number of halogens is 1. The van der Waals surface area contributed by atoms with E-state index in [1.165, 1.54) is 11.6 Å². The van der Waals surface area contributed by atoms with Gasteiger partial charge in [-0.15, -0.1) is 0 Å². The van der Waals surface area contributed by atoms with Crippen LogP contribution in [0, 0.1) is 0 Å². The lowest BCUT2D eigenvalue weighted by atomic mass is 9.87. The molecule has 2 aromatic carbocycles. The highest BCUT2D eigenvalue weighted by Gasteiger charge is 2.15. The average Bonchev–Trinajstić information content (AvgIpc) is 2.54. The average molecular weight is 389 g/mol. The minimum atomic E-state index is -0.421. The fourth-order valence-electron chi connectivity index (χ4n) is 2.07. The molecule has 2 aromatic rings. The van der Waals surface area contributed by atoms with Crippen molar-refractivity contribution in [2.24, 2.45) is 0 Å². The Morgan fingerprint density at radius 2 is 1.75 bits per heavy atom. The minimum absolute atomic E-state index is 0.0410. The summed E-state index contributed by atoms with van der Waals surface area (Å²) < 4.78 is 11.2. The SMILES string of the molecule is COc1ccc(/C=C/C(=O)Oc2ccc(C(C)(C)C)cc2Br)cc1. The number of rotatable bonds is 4. The number of carbonyl (C=O) groups excluding carboxylic acids is 1. The lowest BCUT2D eigenvalue weighted by Gasteiger charge is -2.19. The zero-order valence-electron chi connectivity index (χ0n) is 14.3. The van der Waals surface area contributed by atoms with Gasteiger partial charge >= 0.3 is 5.97 Å². The number of benzene rings is 2. The normalized spacial score (nSPS) is 11.5. The van der Waals surface area contributed by atoms with Crippen LogP contribution in [-0.4, -0.2) is 13.1 Å². The molecule has 0 fully saturated rings. The first-order chi connectivity index (χ1) is 11.3. The molecule has 126 valence electrons. The smallest absolute Gasteiger partial charge is 0.336 e. The molecule has 0 atom stereocenters. The van der Waals surface area contributed by atoms with E-state index in [0.29, 0.717) is 5.75 Å². The van der Waals surface area contributed by atoms with E-state index in [2.05, 4.69) is 36.7 Å². The molecule has 3 nitrogen and oxygen atoms in total. The molecule has 0 N–H and O–H groups in total. The van der Waals surface area contributed by atoms with Crippen LogP contribution in [0.25, 0.3) is 6.08 Å². The molecule has 0 unspecified atom stereocenters. The zero-order valence-corrected chi connectivity index (χ0v) is 15.9. The second kappa shape index (κ2) is 7.67. The summed E-state index contributed by atoms with van der Waals surface area (Å²) >= 11 is 3.46. The third-order valence-electron chi connectivity index (χ3n) is 3.54. The molecule has 0 heterocycles. The van der Waals surface area contributed by atoms with Gasteiger partial charge in [-0.3, -0.25) is 0 Å². The van der Waals surface area contributed by atoms with Gasteiger partial charge in [0, 0.05) is 6.08 Å². The molecule has 0 radical (unpaired) electrons. The van der Waals surface area contributed by atoms with E-state index in [9.17, 15) is 4.79 Å². The Balaban J connectivity index is 2.05. The summed E-state index contributed by atoms with van der Waals surface area (Å²) in [4.78, 5) is 12.0. The third kappa shape index (κ3) is 4.96. The largest absolute Gasteiger partial charge is 0.497 e. The Kier molecular flexibility index (Phi) is 5.84. The first-order valence-corrected chi connectivity index (χ1v) is 8.43. The molecule has 2 rings (SSSR count). The van der Waals surface area contributed by atoms with Crippen molar-refractivity contribution in [1.82, 2.24) is 0 Å². The second-order valence-electron chi connectivity index (χ2n) is 6.42. The number of ether oxygens (including phenoxy) is 2. The Morgan fingerprint density at radius 1 is 1.08 bits per heavy atom. The first kappa shape index (κ1) is 18.3. The van der Waals surface area contributed by atoms with E-state index in [4.69, 9.17) is 9.47 Å². The number of hydrogen-bond donors (Lipinski definition) is 0. The van der Waals surface area contributed by atoms with Crippen molar-refractivity contribution in [3.8, 4) is 11.5 Å². The van der Waals surface area contributed by atoms with Gasteiger partial charge in [0.05, 0.1) is 11.6 Å². The fraction of sp³-hybridized carbons (Fsp3) is 0.250. The molecule has 24 heavy (non-hydrogen) atoms. The molecular formula is C20H21BrO3. The fourth-order valence-corrected chi connectivity index (χ4v) is 2.53. The van der Waals surface area contributed by atoms with Crippen molar-refractivity contribution in [1.29, 1.82) is 0 Å². The van der Waals surface area contributed by atoms with Gasteiger partial charge in [0.2, 0.25) is 0 Å². The maximum Gasteiger partial charge on any atom is 0.336 e. The van der Waals surface area contributed by atoms with Crippen LogP contribution in [0.4, 0.5) is 0 Å². The standard InChI is InChI=1S/C20H21BrO3/c1-20(2,3)15-8-11-18(17(21)13-15)24-19(22)12-7-14-5-9-16(23-4)10-6-14/h5-13H,1-4H3/b12-7+. The molecule has 0 aromatic heterocycles. The summed E-state index contributed by atoms with van der Waals surface area (Å²) in [7, 11) is 1.62. The Morgan fingerprint density at radius 3 is 2.29 bits per heavy atom. The number of hydrogen-bond acceptors (Lipinski definition) is 3. The van der Waals surface area contributed by atoms with E-state index >= 15 is 0 Å². The number of methoxy groups -OCH3 is 1. The summed E-state index contributed by atoms with van der Waals surface area (Å²) in [5.41, 5.74) is 2.11. The topological polar surface area (TPSA) is 35.5 Å². The lowest BCUT2D eigenvalue weighted by molar-refractivity contribution is -0.128. The van der Waals surface area contributed by atoms with Crippen LogP contribution >= 0.6 is 15.9 Å². The summed E-state index contributed by atoms with van der Waals surface area (Å²) in [6.07, 6.45) is 3.12. The Bertz CT molecular complexity index is 740. The maximum atomic E-state index is 12.0. The van der Waals surface area contributed by atoms with Gasteiger partial charge in [0.1, 0.15) is 11.5 Å². The predicted molar refractivity (Wildman–Crippen MR) is 101 cm³/mol. The minimum Gasteiger partial charge on any atom is -0.497 e. The summed E-state index contributed by atoms with van der Waals surface area (Å²) in [6, 6.07) is 13.2. The van der Waals surface area contributed by atoms with E-state index in [-0.39, 0.29) is 5.41 Å². The number of esters is 1. The van der Waals surface area contributed by atoms with Crippen molar-refractivity contribution < 1.29 is 14.3 Å². The number of carbonyl (C=O) groups is 1. The van der Waals surface area contributed by atoms with Crippen molar-refractivity contribution in [2.75, 3.05) is 7.11 Å². The lowest BCUT2D eigenvalue weighted by Crippen LogP contribution is -2.11. The molecule has 0 aliphatic rings. The van der Waals surface area contributed by atoms with Crippen molar-refractivity contribution >= 4 is 28.0 Å². The molecule has 0 spiro atoms. The van der Waals surface area contributed by atoms with Crippen LogP contribution in [0.2, 0.25) is 0 Å². The second-order valence-corrected chi connectivity index (χ2v) is 7.28. The highest BCUT2D eigenvalue weighted by atomic mass is 79.9. The van der Waals surface area contributed by atoms with Gasteiger partial charge in [0.25, 0.3) is 0 Å². The van der Waals surface area contributed by atoms with Crippen LogP contribution in [0.5, 0.6) is 11.5 Å². The molecule has 0 bridgehead atoms. The van der Waals surface area contributed by atoms with Gasteiger partial charge in [-0.2, -0.15) is 0 Å². The van der Waals surface area contributed by atoms with E-state index in [0.717, 1.165) is 15.8 Å². The van der Waals surface area contributed by atoms with Gasteiger partial charge in [-0.1, -0.05) is 39.0 Å². The molecule has 0 amide bonds. The molecule has 0 saturated heterocycles.